The Morgan fingerprint density at radius 2 is 0.907 bits per heavy atom. The van der Waals surface area contributed by atoms with E-state index in [4.69, 9.17) is 4.42 Å². The van der Waals surface area contributed by atoms with Crippen LogP contribution in [-0.2, 0) is 0 Å². The summed E-state index contributed by atoms with van der Waals surface area (Å²) in [4.78, 5) is 0. The predicted octanol–water partition coefficient (Wildman–Crippen LogP) is 12.0. The number of furan rings is 1. The third kappa shape index (κ3) is 3.65. The van der Waals surface area contributed by atoms with Crippen LogP contribution in [-0.4, -0.2) is 0 Å². The lowest BCUT2D eigenvalue weighted by atomic mass is 9.84. The number of benzene rings is 8. The van der Waals surface area contributed by atoms with Crippen LogP contribution in [0.4, 0.5) is 0 Å². The highest BCUT2D eigenvalue weighted by molar-refractivity contribution is 6.24. The second-order valence-electron chi connectivity index (χ2n) is 11.2. The molecule has 9 aromatic rings. The maximum atomic E-state index is 6.24. The summed E-state index contributed by atoms with van der Waals surface area (Å²) in [7, 11) is 0. The quantitative estimate of drug-likeness (QED) is 0.201. The zero-order valence-corrected chi connectivity index (χ0v) is 23.4. The zero-order valence-electron chi connectivity index (χ0n) is 23.4. The molecule has 9 rings (SSSR count). The van der Waals surface area contributed by atoms with Crippen molar-refractivity contribution in [2.45, 2.75) is 0 Å². The molecule has 1 nitrogen and oxygen atoms in total. The van der Waals surface area contributed by atoms with Crippen LogP contribution in [0.1, 0.15) is 0 Å². The lowest BCUT2D eigenvalue weighted by Gasteiger charge is -2.19. The molecule has 0 saturated heterocycles. The number of rotatable bonds is 3. The van der Waals surface area contributed by atoms with E-state index in [0.717, 1.165) is 21.9 Å². The van der Waals surface area contributed by atoms with Crippen LogP contribution in [0.3, 0.4) is 0 Å². The summed E-state index contributed by atoms with van der Waals surface area (Å²) in [6.07, 6.45) is 0. The number of fused-ring (bicyclic) bond motifs is 6. The Morgan fingerprint density at radius 1 is 0.326 bits per heavy atom. The maximum absolute atomic E-state index is 6.24. The second-order valence-corrected chi connectivity index (χ2v) is 11.2. The summed E-state index contributed by atoms with van der Waals surface area (Å²) < 4.78 is 6.24. The van der Waals surface area contributed by atoms with Gasteiger partial charge in [-0.15, -0.1) is 0 Å². The summed E-state index contributed by atoms with van der Waals surface area (Å²) >= 11 is 0. The summed E-state index contributed by atoms with van der Waals surface area (Å²) in [6.45, 7) is 0. The molecular formula is C42H26O. The normalized spacial score (nSPS) is 11.7. The Bertz CT molecular complexity index is 2440. The molecule has 0 aliphatic heterocycles. The van der Waals surface area contributed by atoms with Crippen LogP contribution in [0.2, 0.25) is 0 Å². The predicted molar refractivity (Wildman–Crippen MR) is 183 cm³/mol. The molecule has 8 aromatic carbocycles. The van der Waals surface area contributed by atoms with Crippen molar-refractivity contribution in [2.75, 3.05) is 0 Å². The van der Waals surface area contributed by atoms with Gasteiger partial charge in [-0.1, -0.05) is 140 Å². The van der Waals surface area contributed by atoms with Gasteiger partial charge >= 0.3 is 0 Å². The summed E-state index contributed by atoms with van der Waals surface area (Å²) in [5, 5.41) is 9.85. The first-order valence-electron chi connectivity index (χ1n) is 14.8. The van der Waals surface area contributed by atoms with Gasteiger partial charge in [-0.2, -0.15) is 0 Å². The van der Waals surface area contributed by atoms with E-state index < -0.39 is 0 Å². The zero-order chi connectivity index (χ0) is 28.3. The van der Waals surface area contributed by atoms with Crippen molar-refractivity contribution in [3.8, 4) is 33.4 Å². The maximum Gasteiger partial charge on any atom is 0.136 e. The Kier molecular flexibility index (Phi) is 5.27. The Hall–Kier alpha value is -5.66. The van der Waals surface area contributed by atoms with Gasteiger partial charge in [-0.3, -0.25) is 0 Å². The molecule has 0 spiro atoms. The first-order chi connectivity index (χ1) is 21.3. The highest BCUT2D eigenvalue weighted by Gasteiger charge is 2.18. The van der Waals surface area contributed by atoms with E-state index in [1.54, 1.807) is 0 Å². The van der Waals surface area contributed by atoms with Crippen molar-refractivity contribution in [1.29, 1.82) is 0 Å². The van der Waals surface area contributed by atoms with Gasteiger partial charge < -0.3 is 4.42 Å². The molecule has 0 radical (unpaired) electrons. The Labute approximate surface area is 249 Å². The van der Waals surface area contributed by atoms with Gasteiger partial charge in [0.05, 0.1) is 0 Å². The average Bonchev–Trinajstić information content (AvgIpc) is 3.46. The molecule has 0 saturated carbocycles. The van der Waals surface area contributed by atoms with E-state index in [-0.39, 0.29) is 0 Å². The van der Waals surface area contributed by atoms with E-state index in [1.165, 1.54) is 65.7 Å². The molecular weight excluding hydrogens is 520 g/mol. The van der Waals surface area contributed by atoms with Crippen molar-refractivity contribution in [3.63, 3.8) is 0 Å². The average molecular weight is 547 g/mol. The van der Waals surface area contributed by atoms with Gasteiger partial charge in [0.1, 0.15) is 11.2 Å². The van der Waals surface area contributed by atoms with Gasteiger partial charge in [0, 0.05) is 10.8 Å². The summed E-state index contributed by atoms with van der Waals surface area (Å²) in [6, 6.07) is 56.8. The van der Waals surface area contributed by atoms with Crippen LogP contribution in [0.15, 0.2) is 162 Å². The molecule has 0 fully saturated rings. The van der Waals surface area contributed by atoms with E-state index in [1.807, 2.05) is 12.1 Å². The highest BCUT2D eigenvalue weighted by atomic mass is 16.3. The second kappa shape index (κ2) is 9.44. The molecule has 1 heteroatoms. The van der Waals surface area contributed by atoms with Gasteiger partial charge in [0.2, 0.25) is 0 Å². The minimum atomic E-state index is 0.917. The van der Waals surface area contributed by atoms with Gasteiger partial charge in [-0.25, -0.2) is 0 Å². The molecule has 43 heavy (non-hydrogen) atoms. The molecule has 0 aliphatic rings. The molecule has 0 bridgehead atoms. The fourth-order valence-corrected chi connectivity index (χ4v) is 7.01. The molecule has 0 amide bonds. The van der Waals surface area contributed by atoms with Crippen LogP contribution < -0.4 is 0 Å². The highest BCUT2D eigenvalue weighted by Crippen LogP contribution is 2.46. The third-order valence-electron chi connectivity index (χ3n) is 8.86. The fraction of sp³-hybridized carbons (Fsp3) is 0. The van der Waals surface area contributed by atoms with E-state index >= 15 is 0 Å². The molecule has 0 atom stereocenters. The number of hydrogen-bond donors (Lipinski definition) is 0. The van der Waals surface area contributed by atoms with Crippen LogP contribution in [0, 0.1) is 0 Å². The monoisotopic (exact) mass is 546 g/mol. The van der Waals surface area contributed by atoms with Crippen molar-refractivity contribution < 1.29 is 4.42 Å². The first kappa shape index (κ1) is 24.0. The fourth-order valence-electron chi connectivity index (χ4n) is 7.01. The molecule has 0 N–H and O–H groups in total. The summed E-state index contributed by atoms with van der Waals surface area (Å²) in [5.74, 6) is 0. The third-order valence-corrected chi connectivity index (χ3v) is 8.86. The smallest absolute Gasteiger partial charge is 0.136 e. The molecule has 0 unspecified atom stereocenters. The topological polar surface area (TPSA) is 13.1 Å². The van der Waals surface area contributed by atoms with Crippen LogP contribution in [0.5, 0.6) is 0 Å². The lowest BCUT2D eigenvalue weighted by Crippen LogP contribution is -1.91. The van der Waals surface area contributed by atoms with Crippen LogP contribution in [0.25, 0.3) is 87.6 Å². The minimum absolute atomic E-state index is 0.917. The van der Waals surface area contributed by atoms with Gasteiger partial charge in [-0.05, 0) is 83.9 Å². The van der Waals surface area contributed by atoms with Crippen molar-refractivity contribution in [1.82, 2.24) is 0 Å². The van der Waals surface area contributed by atoms with E-state index in [0.29, 0.717) is 0 Å². The van der Waals surface area contributed by atoms with E-state index in [9.17, 15) is 0 Å². The SMILES string of the molecule is c1ccc(-c2c3ccccc3c(-c3cccc4ccc(-c5cccc6oc7ccccc7c56)cc34)c3ccccc23)cc1. The van der Waals surface area contributed by atoms with Gasteiger partial charge in [0.15, 0.2) is 0 Å². The number of para-hydroxylation sites is 1. The first-order valence-corrected chi connectivity index (χ1v) is 14.8. The van der Waals surface area contributed by atoms with Crippen LogP contribution >= 0.6 is 0 Å². The Balaban J connectivity index is 1.37. The van der Waals surface area contributed by atoms with E-state index in [2.05, 4.69) is 146 Å². The lowest BCUT2D eigenvalue weighted by molar-refractivity contribution is 0.669. The van der Waals surface area contributed by atoms with Crippen molar-refractivity contribution in [2.24, 2.45) is 0 Å². The Morgan fingerprint density at radius 3 is 1.65 bits per heavy atom. The van der Waals surface area contributed by atoms with Gasteiger partial charge in [0.25, 0.3) is 0 Å². The standard InChI is InChI=1S/C42H26O/c1-2-12-28(13-3-1)40-31-15-4-6-17-33(31)41(34-18-7-5-16-32(34)40)35-21-10-14-27-24-25-29(26-37(27)35)30-20-11-23-39-42(30)36-19-8-9-22-38(36)43-39/h1-26H. The van der Waals surface area contributed by atoms with Crippen molar-refractivity contribution in [3.05, 3.63) is 158 Å². The molecule has 1 aromatic heterocycles. The minimum Gasteiger partial charge on any atom is -0.456 e. The molecule has 200 valence electrons. The largest absolute Gasteiger partial charge is 0.456 e. The molecule has 1 heterocycles. The molecule has 0 aliphatic carbocycles. The summed E-state index contributed by atoms with van der Waals surface area (Å²) in [5.41, 5.74) is 9.26. The van der Waals surface area contributed by atoms with Crippen molar-refractivity contribution >= 4 is 54.3 Å². The number of hydrogen-bond acceptors (Lipinski definition) is 1.